The van der Waals surface area contributed by atoms with E-state index in [4.69, 9.17) is 10.5 Å². The molecule has 2 atom stereocenters. The second-order valence-corrected chi connectivity index (χ2v) is 5.10. The first-order valence-electron chi connectivity index (χ1n) is 6.50. The summed E-state index contributed by atoms with van der Waals surface area (Å²) in [5.41, 5.74) is 8.16. The zero-order valence-electron chi connectivity index (χ0n) is 11.5. The van der Waals surface area contributed by atoms with Gasteiger partial charge in [-0.2, -0.15) is 5.10 Å². The molecule has 3 heterocycles. The lowest BCUT2D eigenvalue weighted by molar-refractivity contribution is -0.120. The third kappa shape index (κ3) is 2.14. The number of anilines is 1. The van der Waals surface area contributed by atoms with E-state index >= 15 is 0 Å². The summed E-state index contributed by atoms with van der Waals surface area (Å²) >= 11 is 0. The van der Waals surface area contributed by atoms with Gasteiger partial charge >= 0.3 is 0 Å². The van der Waals surface area contributed by atoms with E-state index in [9.17, 15) is 4.79 Å². The van der Waals surface area contributed by atoms with E-state index in [1.165, 1.54) is 0 Å². The van der Waals surface area contributed by atoms with E-state index in [-0.39, 0.29) is 17.9 Å². The molecule has 0 aromatic carbocycles. The third-order valence-electron chi connectivity index (χ3n) is 3.59. The molecule has 7 nitrogen and oxygen atoms in total. The van der Waals surface area contributed by atoms with Crippen LogP contribution in [0.1, 0.15) is 5.69 Å². The van der Waals surface area contributed by atoms with E-state index in [0.717, 1.165) is 16.7 Å². The van der Waals surface area contributed by atoms with E-state index < -0.39 is 0 Å². The lowest BCUT2D eigenvalue weighted by Gasteiger charge is -2.13. The summed E-state index contributed by atoms with van der Waals surface area (Å²) in [4.78, 5) is 16.5. The smallest absolute Gasteiger partial charge is 0.231 e. The van der Waals surface area contributed by atoms with Crippen LogP contribution in [0.4, 0.5) is 5.69 Å². The van der Waals surface area contributed by atoms with E-state index in [1.54, 1.807) is 10.9 Å². The second-order valence-electron chi connectivity index (χ2n) is 5.10. The lowest BCUT2D eigenvalue weighted by Crippen LogP contribution is -2.37. The number of hydrogen-bond acceptors (Lipinski definition) is 5. The fraction of sp³-hybridized carbons (Fsp3) is 0.462. The maximum Gasteiger partial charge on any atom is 0.231 e. The van der Waals surface area contributed by atoms with Crippen molar-refractivity contribution in [2.75, 3.05) is 18.5 Å². The minimum atomic E-state index is -0.305. The van der Waals surface area contributed by atoms with Crippen LogP contribution in [0.5, 0.6) is 0 Å². The third-order valence-corrected chi connectivity index (χ3v) is 3.59. The zero-order valence-corrected chi connectivity index (χ0v) is 11.5. The number of amides is 1. The summed E-state index contributed by atoms with van der Waals surface area (Å²) in [6.45, 7) is 2.71. The Morgan fingerprint density at radius 3 is 3.05 bits per heavy atom. The molecule has 2 aromatic heterocycles. The highest BCUT2D eigenvalue weighted by Gasteiger charge is 2.31. The fourth-order valence-corrected chi connectivity index (χ4v) is 2.45. The molecule has 0 radical (unpaired) electrons. The fourth-order valence-electron chi connectivity index (χ4n) is 2.45. The number of hydrogen-bond donors (Lipinski definition) is 2. The first kappa shape index (κ1) is 13.0. The molecule has 1 fully saturated rings. The highest BCUT2D eigenvalue weighted by atomic mass is 16.5. The molecule has 1 aliphatic rings. The summed E-state index contributed by atoms with van der Waals surface area (Å²) in [5.74, 6) is -0.432. The molecule has 0 aliphatic carbocycles. The average Bonchev–Trinajstić information content (AvgIpc) is 2.95. The predicted octanol–water partition coefficient (Wildman–Crippen LogP) is 0.189. The first-order chi connectivity index (χ1) is 9.56. The molecule has 1 amide bonds. The van der Waals surface area contributed by atoms with Gasteiger partial charge in [0.15, 0.2) is 5.65 Å². The SMILES string of the molecule is Cc1nn(C)c2ncc(NC(=O)C3COCC3N)cc12. The summed E-state index contributed by atoms with van der Waals surface area (Å²) in [6, 6.07) is 1.64. The van der Waals surface area contributed by atoms with Crippen LogP contribution < -0.4 is 11.1 Å². The van der Waals surface area contributed by atoms with Crippen LogP contribution in [0, 0.1) is 12.8 Å². The van der Waals surface area contributed by atoms with Crippen LogP contribution in [-0.2, 0) is 16.6 Å². The Labute approximate surface area is 116 Å². The highest BCUT2D eigenvalue weighted by molar-refractivity contribution is 5.95. The van der Waals surface area contributed by atoms with Gasteiger partial charge in [0.1, 0.15) is 0 Å². The standard InChI is InChI=1S/C13H17N5O2/c1-7-9-3-8(4-15-12(9)18(2)17-7)16-13(19)10-5-20-6-11(10)14/h3-4,10-11H,5-6,14H2,1-2H3,(H,16,19). The molecule has 2 unspecified atom stereocenters. The topological polar surface area (TPSA) is 95.1 Å². The summed E-state index contributed by atoms with van der Waals surface area (Å²) in [7, 11) is 1.84. The quantitative estimate of drug-likeness (QED) is 0.815. The summed E-state index contributed by atoms with van der Waals surface area (Å²) < 4.78 is 6.93. The Hall–Kier alpha value is -1.99. The van der Waals surface area contributed by atoms with Gasteiger partial charge < -0.3 is 15.8 Å². The van der Waals surface area contributed by atoms with E-state index in [2.05, 4.69) is 15.4 Å². The van der Waals surface area contributed by atoms with Crippen LogP contribution in [0.2, 0.25) is 0 Å². The molecule has 2 aromatic rings. The van der Waals surface area contributed by atoms with Crippen molar-refractivity contribution in [3.8, 4) is 0 Å². The van der Waals surface area contributed by atoms with Gasteiger partial charge in [-0.05, 0) is 13.0 Å². The van der Waals surface area contributed by atoms with Crippen LogP contribution >= 0.6 is 0 Å². The number of nitrogens with one attached hydrogen (secondary N) is 1. The molecule has 106 valence electrons. The average molecular weight is 275 g/mol. The molecule has 7 heteroatoms. The molecule has 0 bridgehead atoms. The van der Waals surface area contributed by atoms with E-state index in [0.29, 0.717) is 18.9 Å². The minimum Gasteiger partial charge on any atom is -0.379 e. The minimum absolute atomic E-state index is 0.127. The molecule has 1 saturated heterocycles. The molecule has 3 rings (SSSR count). The largest absolute Gasteiger partial charge is 0.379 e. The normalized spacial score (nSPS) is 22.4. The monoisotopic (exact) mass is 275 g/mol. The number of carbonyl (C=O) groups excluding carboxylic acids is 1. The van der Waals surface area contributed by atoms with Gasteiger partial charge in [0.05, 0.1) is 36.7 Å². The first-order valence-corrected chi connectivity index (χ1v) is 6.50. The Kier molecular flexibility index (Phi) is 3.15. The molecule has 1 aliphatic heterocycles. The lowest BCUT2D eigenvalue weighted by atomic mass is 10.0. The number of nitrogens with zero attached hydrogens (tertiary/aromatic N) is 3. The molecular weight excluding hydrogens is 258 g/mol. The van der Waals surface area contributed by atoms with Crippen LogP contribution in [0.3, 0.4) is 0 Å². The van der Waals surface area contributed by atoms with Crippen LogP contribution in [-0.4, -0.2) is 39.9 Å². The summed E-state index contributed by atoms with van der Waals surface area (Å²) in [6.07, 6.45) is 1.63. The molecular formula is C13H17N5O2. The number of aromatic nitrogens is 3. The number of pyridine rings is 1. The van der Waals surface area contributed by atoms with Crippen molar-refractivity contribution in [2.45, 2.75) is 13.0 Å². The van der Waals surface area contributed by atoms with Crippen molar-refractivity contribution in [2.24, 2.45) is 18.7 Å². The van der Waals surface area contributed by atoms with Crippen LogP contribution in [0.15, 0.2) is 12.3 Å². The van der Waals surface area contributed by atoms with Crippen molar-refractivity contribution >= 4 is 22.6 Å². The number of fused-ring (bicyclic) bond motifs is 1. The maximum atomic E-state index is 12.1. The molecule has 20 heavy (non-hydrogen) atoms. The Morgan fingerprint density at radius 2 is 2.35 bits per heavy atom. The Bertz CT molecular complexity index is 666. The molecule has 0 spiro atoms. The van der Waals surface area contributed by atoms with Crippen molar-refractivity contribution in [1.82, 2.24) is 14.8 Å². The molecule has 0 saturated carbocycles. The highest BCUT2D eigenvalue weighted by Crippen LogP contribution is 2.20. The second kappa shape index (κ2) is 4.84. The van der Waals surface area contributed by atoms with Gasteiger partial charge in [-0.3, -0.25) is 9.48 Å². The van der Waals surface area contributed by atoms with Gasteiger partial charge in [0.25, 0.3) is 0 Å². The van der Waals surface area contributed by atoms with Gasteiger partial charge in [-0.25, -0.2) is 4.98 Å². The van der Waals surface area contributed by atoms with Gasteiger partial charge in [0.2, 0.25) is 5.91 Å². The van der Waals surface area contributed by atoms with Gasteiger partial charge in [-0.15, -0.1) is 0 Å². The summed E-state index contributed by atoms with van der Waals surface area (Å²) in [5, 5.41) is 8.07. The number of aryl methyl sites for hydroxylation is 2. The van der Waals surface area contributed by atoms with Gasteiger partial charge in [-0.1, -0.05) is 0 Å². The van der Waals surface area contributed by atoms with Crippen molar-refractivity contribution in [3.63, 3.8) is 0 Å². The van der Waals surface area contributed by atoms with Crippen molar-refractivity contribution in [3.05, 3.63) is 18.0 Å². The Morgan fingerprint density at radius 1 is 1.55 bits per heavy atom. The molecule has 3 N–H and O–H groups in total. The van der Waals surface area contributed by atoms with Crippen molar-refractivity contribution < 1.29 is 9.53 Å². The number of rotatable bonds is 2. The Balaban J connectivity index is 1.84. The van der Waals surface area contributed by atoms with E-state index in [1.807, 2.05) is 20.0 Å². The maximum absolute atomic E-state index is 12.1. The number of ether oxygens (including phenoxy) is 1. The predicted molar refractivity (Wildman–Crippen MR) is 74.2 cm³/mol. The van der Waals surface area contributed by atoms with Crippen LogP contribution in [0.25, 0.3) is 11.0 Å². The number of nitrogens with two attached hydrogens (primary N) is 1. The zero-order chi connectivity index (χ0) is 14.3. The van der Waals surface area contributed by atoms with Gasteiger partial charge in [0, 0.05) is 18.5 Å². The van der Waals surface area contributed by atoms with Crippen molar-refractivity contribution in [1.29, 1.82) is 0 Å². The number of carbonyl (C=O) groups is 1.